The summed E-state index contributed by atoms with van der Waals surface area (Å²) in [5.74, 6) is 0.894. The Labute approximate surface area is 122 Å². The third-order valence-corrected chi connectivity index (χ3v) is 4.80. The van der Waals surface area contributed by atoms with E-state index in [2.05, 4.69) is 47.3 Å². The molecule has 1 saturated carbocycles. The van der Waals surface area contributed by atoms with Gasteiger partial charge in [-0.2, -0.15) is 0 Å². The maximum absolute atomic E-state index is 3.32. The number of hydrogen-bond acceptors (Lipinski definition) is 1. The molecule has 1 aromatic carbocycles. The number of fused-ring (bicyclic) bond motifs is 1. The molecule has 0 spiro atoms. The van der Waals surface area contributed by atoms with Gasteiger partial charge in [0.15, 0.2) is 0 Å². The standard InChI is InChI=1S/C18H26N2/c1-14(19-2)11-16-7-8-17-9-10-20(18(17)12-16)13-15-5-3-4-6-15/h7-10,12,14-15,19H,3-6,11,13H2,1-2H3. The summed E-state index contributed by atoms with van der Waals surface area (Å²) in [4.78, 5) is 0. The molecule has 2 heteroatoms. The number of nitrogens with one attached hydrogen (secondary N) is 1. The van der Waals surface area contributed by atoms with Crippen LogP contribution in [-0.4, -0.2) is 17.7 Å². The Kier molecular flexibility index (Phi) is 4.11. The Balaban J connectivity index is 1.83. The van der Waals surface area contributed by atoms with Crippen LogP contribution in [0.15, 0.2) is 30.5 Å². The van der Waals surface area contributed by atoms with Crippen LogP contribution in [0, 0.1) is 5.92 Å². The van der Waals surface area contributed by atoms with Crippen LogP contribution in [0.2, 0.25) is 0 Å². The first-order valence-electron chi connectivity index (χ1n) is 8.01. The van der Waals surface area contributed by atoms with E-state index in [1.807, 2.05) is 7.05 Å². The molecular formula is C18H26N2. The maximum atomic E-state index is 3.32. The number of rotatable bonds is 5. The van der Waals surface area contributed by atoms with Crippen molar-refractivity contribution in [3.8, 4) is 0 Å². The third-order valence-electron chi connectivity index (χ3n) is 4.80. The molecule has 0 saturated heterocycles. The molecule has 1 heterocycles. The van der Waals surface area contributed by atoms with Crippen molar-refractivity contribution in [1.29, 1.82) is 0 Å². The number of nitrogens with zero attached hydrogens (tertiary/aromatic N) is 1. The van der Waals surface area contributed by atoms with Crippen LogP contribution in [-0.2, 0) is 13.0 Å². The second-order valence-corrected chi connectivity index (χ2v) is 6.41. The molecule has 0 bridgehead atoms. The highest BCUT2D eigenvalue weighted by molar-refractivity contribution is 5.80. The fraction of sp³-hybridized carbons (Fsp3) is 0.556. The molecule has 1 unspecified atom stereocenters. The van der Waals surface area contributed by atoms with Gasteiger partial charge in [0.25, 0.3) is 0 Å². The summed E-state index contributed by atoms with van der Waals surface area (Å²) in [6, 6.07) is 9.73. The zero-order chi connectivity index (χ0) is 13.9. The summed E-state index contributed by atoms with van der Waals surface area (Å²) in [6.45, 7) is 3.44. The van der Waals surface area contributed by atoms with E-state index in [4.69, 9.17) is 0 Å². The second-order valence-electron chi connectivity index (χ2n) is 6.41. The van der Waals surface area contributed by atoms with Gasteiger partial charge in [0, 0.05) is 24.3 Å². The van der Waals surface area contributed by atoms with Crippen LogP contribution >= 0.6 is 0 Å². The van der Waals surface area contributed by atoms with Gasteiger partial charge < -0.3 is 9.88 Å². The normalized spacial score (nSPS) is 17.9. The molecule has 0 aliphatic heterocycles. The largest absolute Gasteiger partial charge is 0.347 e. The number of likely N-dealkylation sites (N-methyl/N-ethyl adjacent to an activating group) is 1. The number of hydrogen-bond donors (Lipinski definition) is 1. The molecule has 108 valence electrons. The van der Waals surface area contributed by atoms with E-state index in [-0.39, 0.29) is 0 Å². The minimum Gasteiger partial charge on any atom is -0.347 e. The second kappa shape index (κ2) is 6.01. The van der Waals surface area contributed by atoms with E-state index in [1.165, 1.54) is 48.7 Å². The van der Waals surface area contributed by atoms with Gasteiger partial charge in [0.2, 0.25) is 0 Å². The number of benzene rings is 1. The topological polar surface area (TPSA) is 17.0 Å². The van der Waals surface area contributed by atoms with Crippen LogP contribution in [0.3, 0.4) is 0 Å². The number of aromatic nitrogens is 1. The van der Waals surface area contributed by atoms with E-state index in [1.54, 1.807) is 0 Å². The SMILES string of the molecule is CNC(C)Cc1ccc2ccn(CC3CCCC3)c2c1. The predicted octanol–water partition coefficient (Wildman–Crippen LogP) is 3.98. The Morgan fingerprint density at radius 2 is 2.05 bits per heavy atom. The molecule has 1 aliphatic carbocycles. The van der Waals surface area contributed by atoms with Crippen molar-refractivity contribution >= 4 is 10.9 Å². The third kappa shape index (κ3) is 2.90. The minimum atomic E-state index is 0.533. The van der Waals surface area contributed by atoms with Crippen molar-refractivity contribution in [3.05, 3.63) is 36.0 Å². The lowest BCUT2D eigenvalue weighted by Crippen LogP contribution is -2.23. The smallest absolute Gasteiger partial charge is 0.0483 e. The summed E-state index contributed by atoms with van der Waals surface area (Å²) in [7, 11) is 2.03. The zero-order valence-electron chi connectivity index (χ0n) is 12.7. The van der Waals surface area contributed by atoms with E-state index >= 15 is 0 Å². The maximum Gasteiger partial charge on any atom is 0.0483 e. The molecule has 1 N–H and O–H groups in total. The van der Waals surface area contributed by atoms with Crippen LogP contribution in [0.5, 0.6) is 0 Å². The van der Waals surface area contributed by atoms with Gasteiger partial charge in [-0.1, -0.05) is 25.0 Å². The zero-order valence-corrected chi connectivity index (χ0v) is 12.7. The quantitative estimate of drug-likeness (QED) is 0.869. The predicted molar refractivity (Wildman–Crippen MR) is 86.1 cm³/mol. The van der Waals surface area contributed by atoms with Gasteiger partial charge in [-0.05, 0) is 62.2 Å². The van der Waals surface area contributed by atoms with E-state index < -0.39 is 0 Å². The molecule has 3 rings (SSSR count). The summed E-state index contributed by atoms with van der Waals surface area (Å²) in [6.07, 6.45) is 9.05. The minimum absolute atomic E-state index is 0.533. The molecule has 20 heavy (non-hydrogen) atoms. The molecule has 1 atom stereocenters. The Morgan fingerprint density at radius 1 is 1.25 bits per heavy atom. The fourth-order valence-electron chi connectivity index (χ4n) is 3.44. The van der Waals surface area contributed by atoms with Crippen LogP contribution in [0.4, 0.5) is 0 Å². The summed E-state index contributed by atoms with van der Waals surface area (Å²) < 4.78 is 2.47. The Bertz CT molecular complexity index is 564. The summed E-state index contributed by atoms with van der Waals surface area (Å²) in [5.41, 5.74) is 2.85. The fourth-order valence-corrected chi connectivity index (χ4v) is 3.44. The highest BCUT2D eigenvalue weighted by Gasteiger charge is 2.16. The molecule has 0 radical (unpaired) electrons. The Morgan fingerprint density at radius 3 is 2.80 bits per heavy atom. The summed E-state index contributed by atoms with van der Waals surface area (Å²) >= 11 is 0. The first-order valence-corrected chi connectivity index (χ1v) is 8.01. The van der Waals surface area contributed by atoms with E-state index in [0.29, 0.717) is 6.04 Å². The lowest BCUT2D eigenvalue weighted by Gasteiger charge is -2.13. The first kappa shape index (κ1) is 13.7. The average molecular weight is 270 g/mol. The molecule has 2 aromatic rings. The van der Waals surface area contributed by atoms with Gasteiger partial charge in [-0.3, -0.25) is 0 Å². The van der Waals surface area contributed by atoms with Crippen molar-refractivity contribution in [3.63, 3.8) is 0 Å². The van der Waals surface area contributed by atoms with Crippen molar-refractivity contribution in [2.24, 2.45) is 5.92 Å². The molecule has 0 amide bonds. The molecule has 2 nitrogen and oxygen atoms in total. The molecular weight excluding hydrogens is 244 g/mol. The van der Waals surface area contributed by atoms with Gasteiger partial charge in [0.1, 0.15) is 0 Å². The van der Waals surface area contributed by atoms with Crippen molar-refractivity contribution in [2.75, 3.05) is 7.05 Å². The highest BCUT2D eigenvalue weighted by atomic mass is 15.0. The van der Waals surface area contributed by atoms with Crippen molar-refractivity contribution < 1.29 is 0 Å². The molecule has 1 fully saturated rings. The average Bonchev–Trinajstić information content (AvgIpc) is 3.10. The Hall–Kier alpha value is -1.28. The van der Waals surface area contributed by atoms with E-state index in [0.717, 1.165) is 12.3 Å². The molecule has 1 aliphatic rings. The van der Waals surface area contributed by atoms with Crippen molar-refractivity contribution in [2.45, 2.75) is 51.6 Å². The van der Waals surface area contributed by atoms with E-state index in [9.17, 15) is 0 Å². The van der Waals surface area contributed by atoms with Gasteiger partial charge in [-0.15, -0.1) is 0 Å². The monoisotopic (exact) mass is 270 g/mol. The lowest BCUT2D eigenvalue weighted by molar-refractivity contribution is 0.466. The van der Waals surface area contributed by atoms with Crippen LogP contribution < -0.4 is 5.32 Å². The van der Waals surface area contributed by atoms with Gasteiger partial charge in [0.05, 0.1) is 0 Å². The summed E-state index contributed by atoms with van der Waals surface area (Å²) in [5, 5.41) is 4.70. The lowest BCUT2D eigenvalue weighted by atomic mass is 10.1. The highest BCUT2D eigenvalue weighted by Crippen LogP contribution is 2.28. The van der Waals surface area contributed by atoms with Gasteiger partial charge >= 0.3 is 0 Å². The van der Waals surface area contributed by atoms with Gasteiger partial charge in [-0.25, -0.2) is 0 Å². The van der Waals surface area contributed by atoms with Crippen LogP contribution in [0.25, 0.3) is 10.9 Å². The molecule has 1 aromatic heterocycles. The van der Waals surface area contributed by atoms with Crippen LogP contribution in [0.1, 0.15) is 38.2 Å². The van der Waals surface area contributed by atoms with Crippen molar-refractivity contribution in [1.82, 2.24) is 9.88 Å². The first-order chi connectivity index (χ1) is 9.76.